The summed E-state index contributed by atoms with van der Waals surface area (Å²) in [5, 5.41) is 24.6. The monoisotopic (exact) mass is 468 g/mol. The van der Waals surface area contributed by atoms with Crippen molar-refractivity contribution in [1.82, 2.24) is 16.0 Å². The van der Waals surface area contributed by atoms with Gasteiger partial charge in [0.15, 0.2) is 0 Å². The first kappa shape index (κ1) is 26.9. The maximum absolute atomic E-state index is 12.7. The molecule has 1 aromatic carbocycles. The van der Waals surface area contributed by atoms with Crippen molar-refractivity contribution < 1.29 is 34.2 Å². The van der Waals surface area contributed by atoms with Crippen LogP contribution in [0.1, 0.15) is 18.4 Å². The average molecular weight is 469 g/mol. The number of hydrogen-bond donors (Lipinski definition) is 6. The van der Waals surface area contributed by atoms with Gasteiger partial charge >= 0.3 is 11.9 Å². The van der Waals surface area contributed by atoms with Gasteiger partial charge in [-0.1, -0.05) is 30.3 Å². The van der Waals surface area contributed by atoms with Crippen LogP contribution in [0.3, 0.4) is 0 Å². The summed E-state index contributed by atoms with van der Waals surface area (Å²) in [6, 6.07) is 5.61. The lowest BCUT2D eigenvalue weighted by atomic mass is 10.1. The van der Waals surface area contributed by atoms with E-state index in [1.54, 1.807) is 0 Å². The van der Waals surface area contributed by atoms with Gasteiger partial charge in [0, 0.05) is 0 Å². The van der Waals surface area contributed by atoms with Crippen LogP contribution in [0.25, 0.3) is 0 Å². The molecule has 0 radical (unpaired) electrons. The third-order valence-corrected chi connectivity index (χ3v) is 4.95. The molecule has 0 saturated carbocycles. The van der Waals surface area contributed by atoms with Crippen molar-refractivity contribution in [2.24, 2.45) is 5.73 Å². The second-order valence-electron chi connectivity index (χ2n) is 6.91. The van der Waals surface area contributed by atoms with Crippen molar-refractivity contribution in [3.8, 4) is 0 Å². The number of carboxylic acid groups (broad SMARTS) is 2. The zero-order valence-electron chi connectivity index (χ0n) is 17.6. The third-order valence-electron chi connectivity index (χ3n) is 4.30. The van der Waals surface area contributed by atoms with Crippen LogP contribution in [-0.2, 0) is 30.4 Å². The van der Waals surface area contributed by atoms with Gasteiger partial charge in [-0.05, 0) is 30.4 Å². The Bertz CT molecular complexity index is 806. The van der Waals surface area contributed by atoms with Crippen LogP contribution in [0.2, 0.25) is 0 Å². The number of aliphatic carboxylic acids is 2. The number of nitrogens with two attached hydrogens (primary N) is 1. The Hall–Kier alpha value is -3.12. The van der Waals surface area contributed by atoms with E-state index >= 15 is 0 Å². The van der Waals surface area contributed by atoms with Crippen LogP contribution in [-0.4, -0.2) is 76.6 Å². The number of benzene rings is 1. The summed E-state index contributed by atoms with van der Waals surface area (Å²) in [6.45, 7) is -0.730. The van der Waals surface area contributed by atoms with Crippen molar-refractivity contribution >= 4 is 41.4 Å². The number of carboxylic acids is 2. The fourth-order valence-electron chi connectivity index (χ4n) is 2.69. The number of carbonyl (C=O) groups is 5. The highest BCUT2D eigenvalue weighted by Crippen LogP contribution is 2.06. The standard InChI is InChI=1S/C20H28N4O7S/c1-32-8-7-14(23-18(29)13(21)9-12-5-3-2-4-6-12)20(31)24-15(10-16(25)26)19(30)22-11-17(27)28/h2-6,13-15H,7-11,21H2,1H3,(H,22,30)(H,23,29)(H,24,31)(H,25,26)(H,27,28). The highest BCUT2D eigenvalue weighted by molar-refractivity contribution is 7.98. The van der Waals surface area contributed by atoms with Crippen LogP contribution >= 0.6 is 11.8 Å². The predicted molar refractivity (Wildman–Crippen MR) is 118 cm³/mol. The summed E-state index contributed by atoms with van der Waals surface area (Å²) in [5.41, 5.74) is 6.81. The fraction of sp³-hybridized carbons (Fsp3) is 0.450. The average Bonchev–Trinajstić information content (AvgIpc) is 2.74. The quantitative estimate of drug-likeness (QED) is 0.198. The first-order chi connectivity index (χ1) is 15.1. The number of hydrogen-bond acceptors (Lipinski definition) is 7. The summed E-state index contributed by atoms with van der Waals surface area (Å²) in [5.74, 6) is -4.48. The molecule has 0 aliphatic heterocycles. The second-order valence-corrected chi connectivity index (χ2v) is 7.90. The van der Waals surface area contributed by atoms with Gasteiger partial charge in [-0.2, -0.15) is 11.8 Å². The Morgan fingerprint density at radius 3 is 2.12 bits per heavy atom. The summed E-state index contributed by atoms with van der Waals surface area (Å²) in [6.07, 6.45) is 1.52. The Labute approximate surface area is 189 Å². The van der Waals surface area contributed by atoms with Crippen molar-refractivity contribution in [3.63, 3.8) is 0 Å². The molecule has 3 atom stereocenters. The Morgan fingerprint density at radius 2 is 1.56 bits per heavy atom. The van der Waals surface area contributed by atoms with Gasteiger partial charge < -0.3 is 31.9 Å². The van der Waals surface area contributed by atoms with E-state index in [0.29, 0.717) is 5.75 Å². The van der Waals surface area contributed by atoms with Crippen molar-refractivity contribution in [1.29, 1.82) is 0 Å². The largest absolute Gasteiger partial charge is 0.481 e. The van der Waals surface area contributed by atoms with E-state index in [1.165, 1.54) is 11.8 Å². The van der Waals surface area contributed by atoms with Gasteiger partial charge in [-0.15, -0.1) is 0 Å². The van der Waals surface area contributed by atoms with Gasteiger partial charge in [-0.3, -0.25) is 24.0 Å². The van der Waals surface area contributed by atoms with Crippen LogP contribution in [0.15, 0.2) is 30.3 Å². The lowest BCUT2D eigenvalue weighted by molar-refractivity contribution is -0.141. The molecule has 0 aliphatic carbocycles. The van der Waals surface area contributed by atoms with Gasteiger partial charge in [0.05, 0.1) is 12.5 Å². The molecule has 0 aliphatic rings. The molecule has 1 rings (SSSR count). The summed E-state index contributed by atoms with van der Waals surface area (Å²) in [4.78, 5) is 59.1. The van der Waals surface area contributed by atoms with Gasteiger partial charge in [-0.25, -0.2) is 0 Å². The second kappa shape index (κ2) is 14.0. The first-order valence-corrected chi connectivity index (χ1v) is 11.1. The molecule has 0 spiro atoms. The van der Waals surface area contributed by atoms with Crippen molar-refractivity contribution in [3.05, 3.63) is 35.9 Å². The van der Waals surface area contributed by atoms with Crippen molar-refractivity contribution in [2.45, 2.75) is 37.4 Å². The molecule has 3 unspecified atom stereocenters. The molecule has 11 nitrogen and oxygen atoms in total. The molecule has 0 aromatic heterocycles. The number of carbonyl (C=O) groups excluding carboxylic acids is 3. The first-order valence-electron chi connectivity index (χ1n) is 9.74. The van der Waals surface area contributed by atoms with Crippen molar-refractivity contribution in [2.75, 3.05) is 18.6 Å². The van der Waals surface area contributed by atoms with E-state index in [-0.39, 0.29) is 12.8 Å². The topological polar surface area (TPSA) is 188 Å². The maximum atomic E-state index is 12.7. The minimum atomic E-state index is -1.51. The van der Waals surface area contributed by atoms with Gasteiger partial charge in [0.1, 0.15) is 18.6 Å². The van der Waals surface area contributed by atoms with Crippen LogP contribution in [0.5, 0.6) is 0 Å². The molecular weight excluding hydrogens is 440 g/mol. The number of rotatable bonds is 14. The molecule has 7 N–H and O–H groups in total. The smallest absolute Gasteiger partial charge is 0.322 e. The molecule has 3 amide bonds. The molecule has 0 bridgehead atoms. The molecule has 1 aromatic rings. The van der Waals surface area contributed by atoms with E-state index < -0.39 is 60.8 Å². The van der Waals surface area contributed by atoms with E-state index in [0.717, 1.165) is 5.56 Å². The van der Waals surface area contributed by atoms with E-state index in [4.69, 9.17) is 15.9 Å². The summed E-state index contributed by atoms with van der Waals surface area (Å²) >= 11 is 1.43. The lowest BCUT2D eigenvalue weighted by Gasteiger charge is -2.23. The Kier molecular flexibility index (Phi) is 11.8. The Morgan fingerprint density at radius 1 is 0.938 bits per heavy atom. The van der Waals surface area contributed by atoms with E-state index in [9.17, 15) is 24.0 Å². The van der Waals surface area contributed by atoms with Crippen LogP contribution < -0.4 is 21.7 Å². The molecule has 0 saturated heterocycles. The Balaban J connectivity index is 2.84. The minimum absolute atomic E-state index is 0.216. The lowest BCUT2D eigenvalue weighted by Crippen LogP contribution is -2.56. The zero-order chi connectivity index (χ0) is 24.1. The van der Waals surface area contributed by atoms with Crippen LogP contribution in [0, 0.1) is 0 Å². The normalized spacial score (nSPS) is 13.3. The molecule has 12 heteroatoms. The number of thioether (sulfide) groups is 1. The van der Waals surface area contributed by atoms with Gasteiger partial charge in [0.25, 0.3) is 0 Å². The predicted octanol–water partition coefficient (Wildman–Crippen LogP) is -1.05. The maximum Gasteiger partial charge on any atom is 0.322 e. The highest BCUT2D eigenvalue weighted by atomic mass is 32.2. The summed E-state index contributed by atoms with van der Waals surface area (Å²) < 4.78 is 0. The third kappa shape index (κ3) is 10.3. The molecule has 0 fully saturated rings. The fourth-order valence-corrected chi connectivity index (χ4v) is 3.16. The molecule has 32 heavy (non-hydrogen) atoms. The minimum Gasteiger partial charge on any atom is -0.481 e. The number of nitrogens with one attached hydrogen (secondary N) is 3. The molecule has 176 valence electrons. The number of amides is 3. The van der Waals surface area contributed by atoms with E-state index in [1.807, 2.05) is 41.9 Å². The SMILES string of the molecule is CSCCC(NC(=O)C(N)Cc1ccccc1)C(=O)NC(CC(=O)O)C(=O)NCC(=O)O. The summed E-state index contributed by atoms with van der Waals surface area (Å²) in [7, 11) is 0. The van der Waals surface area contributed by atoms with Crippen LogP contribution in [0.4, 0.5) is 0 Å². The highest BCUT2D eigenvalue weighted by Gasteiger charge is 2.29. The molecule has 0 heterocycles. The molecular formula is C20H28N4O7S. The van der Waals surface area contributed by atoms with Gasteiger partial charge in [0.2, 0.25) is 17.7 Å². The van der Waals surface area contributed by atoms with E-state index in [2.05, 4.69) is 10.6 Å². The zero-order valence-corrected chi connectivity index (χ0v) is 18.4.